The van der Waals surface area contributed by atoms with Gasteiger partial charge in [0.15, 0.2) is 0 Å². The zero-order valence-electron chi connectivity index (χ0n) is 17.8. The van der Waals surface area contributed by atoms with Gasteiger partial charge in [-0.3, -0.25) is 4.98 Å². The van der Waals surface area contributed by atoms with Gasteiger partial charge in [0.1, 0.15) is 21.2 Å². The number of ether oxygens (including phenoxy) is 2. The molecule has 0 unspecified atom stereocenters. The standard InChI is InChI=1S/C23H24B2ClN3O2/c1-13-9-21(6-5-19(13)30-2)10-15-4-3-14(16-7-17(26)12-28-11-16)8-18(15)22(21)23(24,25)31-20(27)29-22/h3-4,7-8,11-13,19H,5-6,9-10H2,1-2H3,(H2,27,29)/t13-,19-,21-,22+/m1/s1. The molecule has 5 nitrogen and oxygen atoms in total. The predicted octanol–water partition coefficient (Wildman–Crippen LogP) is 3.31. The quantitative estimate of drug-likeness (QED) is 0.741. The largest absolute Gasteiger partial charge is 0.476 e. The van der Waals surface area contributed by atoms with Gasteiger partial charge in [0, 0.05) is 30.5 Å². The van der Waals surface area contributed by atoms with Crippen molar-refractivity contribution in [3.8, 4) is 11.1 Å². The zero-order chi connectivity index (χ0) is 22.0. The highest BCUT2D eigenvalue weighted by molar-refractivity contribution is 6.41. The number of hydrogen-bond donors (Lipinski definition) is 1. The molecule has 4 radical (unpaired) electrons. The molecule has 1 aromatic carbocycles. The Morgan fingerprint density at radius 3 is 2.68 bits per heavy atom. The van der Waals surface area contributed by atoms with E-state index in [4.69, 9.17) is 47.5 Å². The molecule has 1 fully saturated rings. The fourth-order valence-electron chi connectivity index (χ4n) is 6.31. The molecule has 156 valence electrons. The van der Waals surface area contributed by atoms with Crippen LogP contribution < -0.4 is 5.73 Å². The first-order valence-corrected chi connectivity index (χ1v) is 11.0. The second-order valence-corrected chi connectivity index (χ2v) is 9.71. The first kappa shape index (κ1) is 20.9. The van der Waals surface area contributed by atoms with Crippen molar-refractivity contribution < 1.29 is 9.47 Å². The molecule has 1 saturated carbocycles. The lowest BCUT2D eigenvalue weighted by molar-refractivity contribution is -0.0559. The van der Waals surface area contributed by atoms with Crippen LogP contribution in [0.2, 0.25) is 5.02 Å². The monoisotopic (exact) mass is 431 g/mol. The summed E-state index contributed by atoms with van der Waals surface area (Å²) in [7, 11) is 15.1. The van der Waals surface area contributed by atoms with E-state index >= 15 is 0 Å². The number of halogens is 1. The van der Waals surface area contributed by atoms with Crippen LogP contribution in [0.15, 0.2) is 41.7 Å². The van der Waals surface area contributed by atoms with Crippen LogP contribution in [0.25, 0.3) is 11.1 Å². The molecule has 1 aromatic heterocycles. The Bertz CT molecular complexity index is 1080. The number of hydrogen-bond acceptors (Lipinski definition) is 5. The molecule has 0 amide bonds. The number of benzene rings is 1. The van der Waals surface area contributed by atoms with Gasteiger partial charge >= 0.3 is 0 Å². The number of amidine groups is 1. The maximum absolute atomic E-state index is 6.65. The summed E-state index contributed by atoms with van der Waals surface area (Å²) in [5.74, 6) is 0.328. The summed E-state index contributed by atoms with van der Waals surface area (Å²) < 4.78 is 11.5. The molecule has 2 N–H and O–H groups in total. The Hall–Kier alpha value is -1.98. The lowest BCUT2D eigenvalue weighted by Gasteiger charge is -2.53. The third-order valence-corrected chi connectivity index (χ3v) is 7.72. The number of nitrogens with zero attached hydrogens (tertiary/aromatic N) is 2. The fraction of sp³-hybridized carbons (Fsp3) is 0.478. The molecule has 5 rings (SSSR count). The van der Waals surface area contributed by atoms with Crippen molar-refractivity contribution in [3.63, 3.8) is 0 Å². The van der Waals surface area contributed by atoms with Gasteiger partial charge in [0.05, 0.1) is 16.5 Å². The molecule has 2 aliphatic carbocycles. The molecular weight excluding hydrogens is 407 g/mol. The molecule has 2 spiro atoms. The zero-order valence-corrected chi connectivity index (χ0v) is 18.5. The topological polar surface area (TPSA) is 69.7 Å². The normalized spacial score (nSPS) is 33.3. The second-order valence-electron chi connectivity index (χ2n) is 9.27. The molecule has 31 heavy (non-hydrogen) atoms. The summed E-state index contributed by atoms with van der Waals surface area (Å²) in [5.41, 5.74) is 8.83. The van der Waals surface area contributed by atoms with E-state index in [0.29, 0.717) is 10.9 Å². The van der Waals surface area contributed by atoms with E-state index < -0.39 is 10.9 Å². The molecular formula is C23H24B2ClN3O2. The van der Waals surface area contributed by atoms with Crippen LogP contribution in [0.5, 0.6) is 0 Å². The number of methoxy groups -OCH3 is 1. The van der Waals surface area contributed by atoms with Gasteiger partial charge in [0.25, 0.3) is 6.02 Å². The molecule has 3 aliphatic rings. The number of pyridine rings is 1. The van der Waals surface area contributed by atoms with Crippen molar-refractivity contribution in [3.05, 3.63) is 52.8 Å². The highest BCUT2D eigenvalue weighted by Gasteiger charge is 2.68. The fourth-order valence-corrected chi connectivity index (χ4v) is 6.49. The number of fused-ring (bicyclic) bond motifs is 3. The SMILES string of the molecule is [B]C1([B])OC(N)=N[C@]12c1cc(-c3cncc(Cl)c3)ccc1C[C@]21CC[C@@H](OC)[C@H](C)C1. The van der Waals surface area contributed by atoms with Gasteiger partial charge in [0.2, 0.25) is 0 Å². The van der Waals surface area contributed by atoms with Crippen molar-refractivity contribution in [2.75, 3.05) is 7.11 Å². The van der Waals surface area contributed by atoms with Crippen LogP contribution in [0.3, 0.4) is 0 Å². The number of rotatable bonds is 2. The third kappa shape index (κ3) is 2.89. The van der Waals surface area contributed by atoms with Crippen molar-refractivity contribution in [1.29, 1.82) is 0 Å². The van der Waals surface area contributed by atoms with Crippen LogP contribution in [0.4, 0.5) is 0 Å². The molecule has 0 bridgehead atoms. The van der Waals surface area contributed by atoms with Crippen molar-refractivity contribution >= 4 is 33.3 Å². The van der Waals surface area contributed by atoms with Gasteiger partial charge < -0.3 is 15.2 Å². The van der Waals surface area contributed by atoms with E-state index in [1.165, 1.54) is 5.56 Å². The average molecular weight is 432 g/mol. The van der Waals surface area contributed by atoms with Gasteiger partial charge in [-0.25, -0.2) is 4.99 Å². The minimum absolute atomic E-state index is 0.0357. The summed E-state index contributed by atoms with van der Waals surface area (Å²) in [6, 6.07) is 8.24. The van der Waals surface area contributed by atoms with Crippen LogP contribution >= 0.6 is 11.6 Å². The summed E-state index contributed by atoms with van der Waals surface area (Å²) in [6.45, 7) is 2.21. The lowest BCUT2D eigenvalue weighted by Crippen LogP contribution is -2.60. The Morgan fingerprint density at radius 1 is 1.23 bits per heavy atom. The van der Waals surface area contributed by atoms with Crippen LogP contribution in [-0.4, -0.2) is 45.3 Å². The summed E-state index contributed by atoms with van der Waals surface area (Å²) in [5, 5.41) is -0.970. The van der Waals surface area contributed by atoms with Crippen LogP contribution in [-0.2, 0) is 21.4 Å². The Balaban J connectivity index is 1.70. The van der Waals surface area contributed by atoms with E-state index in [-0.39, 0.29) is 17.5 Å². The minimum atomic E-state index is -1.55. The first-order valence-electron chi connectivity index (χ1n) is 10.6. The molecule has 1 aliphatic heterocycles. The van der Waals surface area contributed by atoms with E-state index in [1.54, 1.807) is 19.5 Å². The van der Waals surface area contributed by atoms with E-state index in [2.05, 4.69) is 30.1 Å². The highest BCUT2D eigenvalue weighted by Crippen LogP contribution is 2.65. The van der Waals surface area contributed by atoms with Crippen LogP contribution in [0, 0.1) is 11.3 Å². The molecule has 2 heterocycles. The number of nitrogens with two attached hydrogens (primary N) is 1. The molecule has 4 atom stereocenters. The molecule has 0 saturated heterocycles. The Labute approximate surface area is 190 Å². The van der Waals surface area contributed by atoms with E-state index in [9.17, 15) is 0 Å². The Kier molecular flexibility index (Phi) is 4.73. The maximum Gasteiger partial charge on any atom is 0.281 e. The van der Waals surface area contributed by atoms with E-state index in [0.717, 1.165) is 42.4 Å². The van der Waals surface area contributed by atoms with Gasteiger partial charge in [-0.2, -0.15) is 0 Å². The molecule has 8 heteroatoms. The maximum atomic E-state index is 6.65. The van der Waals surface area contributed by atoms with Crippen molar-refractivity contribution in [2.45, 2.75) is 49.6 Å². The van der Waals surface area contributed by atoms with Gasteiger partial charge in [-0.1, -0.05) is 30.7 Å². The lowest BCUT2D eigenvalue weighted by atomic mass is 9.44. The average Bonchev–Trinajstić information content (AvgIpc) is 3.12. The predicted molar refractivity (Wildman–Crippen MR) is 123 cm³/mol. The highest BCUT2D eigenvalue weighted by atomic mass is 35.5. The van der Waals surface area contributed by atoms with Gasteiger partial charge in [-0.15, -0.1) is 0 Å². The van der Waals surface area contributed by atoms with Crippen molar-refractivity contribution in [2.24, 2.45) is 22.1 Å². The summed E-state index contributed by atoms with van der Waals surface area (Å²) in [4.78, 5) is 9.10. The summed E-state index contributed by atoms with van der Waals surface area (Å²) in [6.07, 6.45) is 7.06. The number of aliphatic imine (C=N–C) groups is 1. The second kappa shape index (κ2) is 7.01. The first-order chi connectivity index (χ1) is 14.7. The number of aromatic nitrogens is 1. The van der Waals surface area contributed by atoms with E-state index in [1.807, 2.05) is 6.07 Å². The molecule has 2 aromatic rings. The summed E-state index contributed by atoms with van der Waals surface area (Å²) >= 11 is 6.18. The third-order valence-electron chi connectivity index (χ3n) is 7.51. The Morgan fingerprint density at radius 2 is 2.03 bits per heavy atom. The minimum Gasteiger partial charge on any atom is -0.476 e. The van der Waals surface area contributed by atoms with Gasteiger partial charge in [-0.05, 0) is 60.4 Å². The smallest absolute Gasteiger partial charge is 0.281 e. The van der Waals surface area contributed by atoms with Crippen LogP contribution in [0.1, 0.15) is 37.3 Å². The van der Waals surface area contributed by atoms with Crippen molar-refractivity contribution in [1.82, 2.24) is 4.98 Å².